The zero-order valence-electron chi connectivity index (χ0n) is 9.67. The average molecular weight is 237 g/mol. The molecule has 0 bridgehead atoms. The summed E-state index contributed by atoms with van der Waals surface area (Å²) in [5.41, 5.74) is -0.108. The van der Waals surface area contributed by atoms with Crippen molar-refractivity contribution in [3.05, 3.63) is 18.0 Å². The summed E-state index contributed by atoms with van der Waals surface area (Å²) in [6, 6.07) is 1.27. The van der Waals surface area contributed by atoms with Crippen LogP contribution in [0.15, 0.2) is 12.3 Å². The first-order valence-electron chi connectivity index (χ1n) is 5.69. The molecule has 0 radical (unpaired) electrons. The molecule has 6 heteroatoms. The average Bonchev–Trinajstić information content (AvgIpc) is 2.78. The van der Waals surface area contributed by atoms with Crippen LogP contribution in [0.5, 0.6) is 0 Å². The number of carboxylic acid groups (broad SMARTS) is 1. The molecule has 2 rings (SSSR count). The van der Waals surface area contributed by atoms with E-state index in [4.69, 9.17) is 5.11 Å². The van der Waals surface area contributed by atoms with E-state index >= 15 is 0 Å². The van der Waals surface area contributed by atoms with Gasteiger partial charge >= 0.3 is 12.0 Å². The molecule has 0 aliphatic carbocycles. The van der Waals surface area contributed by atoms with Gasteiger partial charge in [-0.25, -0.2) is 9.59 Å². The van der Waals surface area contributed by atoms with Gasteiger partial charge < -0.3 is 10.0 Å². The molecule has 0 saturated carbocycles. The molecule has 1 aliphatic heterocycles. The SMILES string of the molecule is C[C@H]1CCCCN1C(=O)n1ccc(C(=O)O)n1. The fourth-order valence-corrected chi connectivity index (χ4v) is 2.06. The summed E-state index contributed by atoms with van der Waals surface area (Å²) in [5, 5.41) is 12.5. The normalized spacial score (nSPS) is 20.3. The minimum Gasteiger partial charge on any atom is -0.476 e. The largest absolute Gasteiger partial charge is 0.476 e. The Bertz CT molecular complexity index is 441. The molecule has 0 spiro atoms. The number of carboxylic acids is 1. The first kappa shape index (κ1) is 11.6. The van der Waals surface area contributed by atoms with Gasteiger partial charge in [-0.3, -0.25) is 0 Å². The van der Waals surface area contributed by atoms with E-state index in [9.17, 15) is 9.59 Å². The topological polar surface area (TPSA) is 75.4 Å². The van der Waals surface area contributed by atoms with E-state index < -0.39 is 5.97 Å². The molecule has 1 saturated heterocycles. The van der Waals surface area contributed by atoms with Gasteiger partial charge in [0.15, 0.2) is 5.69 Å². The van der Waals surface area contributed by atoms with Gasteiger partial charge in [0.25, 0.3) is 0 Å². The molecular weight excluding hydrogens is 222 g/mol. The highest BCUT2D eigenvalue weighted by atomic mass is 16.4. The van der Waals surface area contributed by atoms with Gasteiger partial charge in [0.1, 0.15) is 0 Å². The molecule has 92 valence electrons. The van der Waals surface area contributed by atoms with Gasteiger partial charge in [-0.1, -0.05) is 0 Å². The van der Waals surface area contributed by atoms with Crippen LogP contribution in [-0.2, 0) is 0 Å². The second-order valence-corrected chi connectivity index (χ2v) is 4.27. The number of carbonyl (C=O) groups excluding carboxylic acids is 1. The molecule has 2 heterocycles. The van der Waals surface area contributed by atoms with Crippen molar-refractivity contribution in [1.29, 1.82) is 0 Å². The van der Waals surface area contributed by atoms with Gasteiger partial charge in [0.2, 0.25) is 0 Å². The van der Waals surface area contributed by atoms with Crippen LogP contribution in [0.4, 0.5) is 4.79 Å². The zero-order chi connectivity index (χ0) is 12.4. The first-order chi connectivity index (χ1) is 8.09. The molecule has 0 unspecified atom stereocenters. The van der Waals surface area contributed by atoms with Crippen LogP contribution < -0.4 is 0 Å². The quantitative estimate of drug-likeness (QED) is 0.801. The first-order valence-corrected chi connectivity index (χ1v) is 5.69. The predicted octanol–water partition coefficient (Wildman–Crippen LogP) is 1.42. The molecule has 1 amide bonds. The molecule has 6 nitrogen and oxygen atoms in total. The van der Waals surface area contributed by atoms with Gasteiger partial charge in [-0.15, -0.1) is 0 Å². The van der Waals surface area contributed by atoms with Crippen molar-refractivity contribution in [2.45, 2.75) is 32.2 Å². The zero-order valence-corrected chi connectivity index (χ0v) is 9.67. The molecule has 1 aromatic rings. The number of aromatic carboxylic acids is 1. The second kappa shape index (κ2) is 4.57. The van der Waals surface area contributed by atoms with E-state index in [1.165, 1.54) is 12.3 Å². The van der Waals surface area contributed by atoms with Gasteiger partial charge in [0.05, 0.1) is 0 Å². The fraction of sp³-hybridized carbons (Fsp3) is 0.545. The van der Waals surface area contributed by atoms with Crippen molar-refractivity contribution in [3.8, 4) is 0 Å². The predicted molar refractivity (Wildman–Crippen MR) is 60.0 cm³/mol. The smallest absolute Gasteiger partial charge is 0.356 e. The van der Waals surface area contributed by atoms with Gasteiger partial charge in [0, 0.05) is 18.8 Å². The minimum atomic E-state index is -1.12. The Labute approximate surface area is 98.8 Å². The van der Waals surface area contributed by atoms with Crippen molar-refractivity contribution < 1.29 is 14.7 Å². The van der Waals surface area contributed by atoms with E-state index in [-0.39, 0.29) is 17.8 Å². The van der Waals surface area contributed by atoms with Crippen LogP contribution in [-0.4, -0.2) is 44.4 Å². The van der Waals surface area contributed by atoms with Crippen LogP contribution in [0, 0.1) is 0 Å². The lowest BCUT2D eigenvalue weighted by Gasteiger charge is -2.32. The van der Waals surface area contributed by atoms with Gasteiger partial charge in [-0.05, 0) is 32.3 Å². The lowest BCUT2D eigenvalue weighted by molar-refractivity contribution is 0.0690. The molecule has 1 N–H and O–H groups in total. The highest BCUT2D eigenvalue weighted by Crippen LogP contribution is 2.17. The van der Waals surface area contributed by atoms with E-state index in [1.807, 2.05) is 6.92 Å². The number of aromatic nitrogens is 2. The maximum atomic E-state index is 12.1. The number of rotatable bonds is 1. The number of hydrogen-bond acceptors (Lipinski definition) is 3. The van der Waals surface area contributed by atoms with Crippen molar-refractivity contribution in [2.24, 2.45) is 0 Å². The molecule has 0 aromatic carbocycles. The number of carbonyl (C=O) groups is 2. The van der Waals surface area contributed by atoms with E-state index in [1.54, 1.807) is 4.90 Å². The Balaban J connectivity index is 2.15. The summed E-state index contributed by atoms with van der Waals surface area (Å²) >= 11 is 0. The number of hydrogen-bond donors (Lipinski definition) is 1. The lowest BCUT2D eigenvalue weighted by atomic mass is 10.0. The standard InChI is InChI=1S/C11H15N3O3/c1-8-4-2-3-6-13(8)11(17)14-7-5-9(12-14)10(15)16/h5,7-8H,2-4,6H2,1H3,(H,15,16)/t8-/m0/s1. The van der Waals surface area contributed by atoms with E-state index in [0.29, 0.717) is 6.54 Å². The Morgan fingerprint density at radius 2 is 2.24 bits per heavy atom. The highest BCUT2D eigenvalue weighted by molar-refractivity contribution is 5.86. The number of amides is 1. The molecule has 1 aromatic heterocycles. The van der Waals surface area contributed by atoms with Crippen LogP contribution >= 0.6 is 0 Å². The summed E-state index contributed by atoms with van der Waals surface area (Å²) in [4.78, 5) is 24.5. The number of nitrogens with zero attached hydrogens (tertiary/aromatic N) is 3. The summed E-state index contributed by atoms with van der Waals surface area (Å²) in [6.07, 6.45) is 4.50. The van der Waals surface area contributed by atoms with Crippen molar-refractivity contribution in [3.63, 3.8) is 0 Å². The van der Waals surface area contributed by atoms with Crippen LogP contribution in [0.3, 0.4) is 0 Å². The lowest BCUT2D eigenvalue weighted by Crippen LogP contribution is -2.44. The number of likely N-dealkylation sites (tertiary alicyclic amines) is 1. The van der Waals surface area contributed by atoms with Crippen LogP contribution in [0.2, 0.25) is 0 Å². The molecular formula is C11H15N3O3. The summed E-state index contributed by atoms with van der Waals surface area (Å²) in [5.74, 6) is -1.12. The Morgan fingerprint density at radius 1 is 1.47 bits per heavy atom. The van der Waals surface area contributed by atoms with Crippen LogP contribution in [0.1, 0.15) is 36.7 Å². The summed E-state index contributed by atoms with van der Waals surface area (Å²) < 4.78 is 1.10. The molecule has 1 fully saturated rings. The fourth-order valence-electron chi connectivity index (χ4n) is 2.06. The van der Waals surface area contributed by atoms with E-state index in [0.717, 1.165) is 23.9 Å². The van der Waals surface area contributed by atoms with E-state index in [2.05, 4.69) is 5.10 Å². The molecule has 17 heavy (non-hydrogen) atoms. The third kappa shape index (κ3) is 2.30. The van der Waals surface area contributed by atoms with Crippen LogP contribution in [0.25, 0.3) is 0 Å². The molecule has 1 aliphatic rings. The second-order valence-electron chi connectivity index (χ2n) is 4.27. The molecule has 1 atom stereocenters. The highest BCUT2D eigenvalue weighted by Gasteiger charge is 2.25. The van der Waals surface area contributed by atoms with Gasteiger partial charge in [-0.2, -0.15) is 9.78 Å². The monoisotopic (exact) mass is 237 g/mol. The Kier molecular flexibility index (Phi) is 3.12. The number of piperidine rings is 1. The minimum absolute atomic E-state index is 0.108. The van der Waals surface area contributed by atoms with Crippen molar-refractivity contribution in [2.75, 3.05) is 6.54 Å². The summed E-state index contributed by atoms with van der Waals surface area (Å²) in [7, 11) is 0. The van der Waals surface area contributed by atoms with Crippen molar-refractivity contribution in [1.82, 2.24) is 14.7 Å². The maximum Gasteiger partial charge on any atom is 0.356 e. The maximum absolute atomic E-state index is 12.1. The Morgan fingerprint density at radius 3 is 2.82 bits per heavy atom. The Hall–Kier alpha value is -1.85. The summed E-state index contributed by atoms with van der Waals surface area (Å²) in [6.45, 7) is 2.71. The van der Waals surface area contributed by atoms with Crippen molar-refractivity contribution >= 4 is 12.0 Å². The third-order valence-electron chi connectivity index (χ3n) is 3.05. The third-order valence-corrected chi connectivity index (χ3v) is 3.05.